The van der Waals surface area contributed by atoms with E-state index in [0.717, 1.165) is 12.8 Å². The number of halogens is 2. The van der Waals surface area contributed by atoms with E-state index < -0.39 is 5.82 Å². The van der Waals surface area contributed by atoms with E-state index in [1.165, 1.54) is 12.1 Å². The van der Waals surface area contributed by atoms with E-state index in [9.17, 15) is 9.18 Å². The van der Waals surface area contributed by atoms with Gasteiger partial charge in [0.15, 0.2) is 5.78 Å². The highest BCUT2D eigenvalue weighted by molar-refractivity contribution is 6.34. The Morgan fingerprint density at radius 3 is 2.75 bits per heavy atom. The summed E-state index contributed by atoms with van der Waals surface area (Å²) in [4.78, 5) is 11.8. The molecule has 1 aromatic rings. The van der Waals surface area contributed by atoms with Crippen LogP contribution in [0.25, 0.3) is 0 Å². The molecule has 88 valence electrons. The molecule has 0 heterocycles. The third-order valence-corrected chi connectivity index (χ3v) is 2.87. The Hall–Kier alpha value is -0.890. The lowest BCUT2D eigenvalue weighted by Gasteiger charge is -2.10. The SMILES string of the molecule is CCCC(C)CC(=O)c1c(F)cccc1Cl. The molecule has 1 aromatic carbocycles. The molecule has 0 spiro atoms. The quantitative estimate of drug-likeness (QED) is 0.696. The molecule has 0 aromatic heterocycles. The average molecular weight is 243 g/mol. The Morgan fingerprint density at radius 1 is 1.50 bits per heavy atom. The van der Waals surface area contributed by atoms with Crippen LogP contribution in [0.1, 0.15) is 43.5 Å². The van der Waals surface area contributed by atoms with Gasteiger partial charge in [0.2, 0.25) is 0 Å². The van der Waals surface area contributed by atoms with Gasteiger partial charge in [0.05, 0.1) is 10.6 Å². The number of carbonyl (C=O) groups is 1. The van der Waals surface area contributed by atoms with Gasteiger partial charge in [-0.2, -0.15) is 0 Å². The van der Waals surface area contributed by atoms with Crippen molar-refractivity contribution in [2.45, 2.75) is 33.1 Å². The molecular formula is C13H16ClFO. The number of ketones is 1. The number of Topliss-reactive ketones (excluding diaryl/α,β-unsaturated/α-hetero) is 1. The lowest BCUT2D eigenvalue weighted by molar-refractivity contribution is 0.0959. The van der Waals surface area contributed by atoms with Gasteiger partial charge in [0.1, 0.15) is 5.82 Å². The fourth-order valence-electron chi connectivity index (χ4n) is 1.78. The Bertz CT molecular complexity index is 356. The molecule has 1 atom stereocenters. The molecule has 0 amide bonds. The number of hydrogen-bond acceptors (Lipinski definition) is 1. The van der Waals surface area contributed by atoms with Gasteiger partial charge < -0.3 is 0 Å². The molecule has 3 heteroatoms. The van der Waals surface area contributed by atoms with Crippen molar-refractivity contribution in [3.05, 3.63) is 34.6 Å². The minimum atomic E-state index is -0.527. The zero-order valence-corrected chi connectivity index (χ0v) is 10.4. The normalized spacial score (nSPS) is 12.5. The monoisotopic (exact) mass is 242 g/mol. The first kappa shape index (κ1) is 13.2. The lowest BCUT2D eigenvalue weighted by Crippen LogP contribution is -2.08. The van der Waals surface area contributed by atoms with Crippen LogP contribution in [0.15, 0.2) is 18.2 Å². The summed E-state index contributed by atoms with van der Waals surface area (Å²) in [7, 11) is 0. The Labute approximate surface area is 101 Å². The van der Waals surface area contributed by atoms with Crippen LogP contribution >= 0.6 is 11.6 Å². The maximum absolute atomic E-state index is 13.4. The molecule has 0 N–H and O–H groups in total. The Kier molecular flexibility index (Phi) is 4.94. The van der Waals surface area contributed by atoms with Gasteiger partial charge in [-0.3, -0.25) is 4.79 Å². The molecule has 0 bridgehead atoms. The van der Waals surface area contributed by atoms with Gasteiger partial charge in [-0.25, -0.2) is 4.39 Å². The van der Waals surface area contributed by atoms with Gasteiger partial charge in [0.25, 0.3) is 0 Å². The molecule has 0 fully saturated rings. The van der Waals surface area contributed by atoms with Crippen LogP contribution in [-0.2, 0) is 0 Å². The van der Waals surface area contributed by atoms with Crippen LogP contribution in [0, 0.1) is 11.7 Å². The summed E-state index contributed by atoms with van der Waals surface area (Å²) in [5, 5.41) is 0.202. The zero-order valence-electron chi connectivity index (χ0n) is 9.59. The zero-order chi connectivity index (χ0) is 12.1. The predicted octanol–water partition coefficient (Wildman–Crippen LogP) is 4.49. The summed E-state index contributed by atoms with van der Waals surface area (Å²) in [6.07, 6.45) is 2.35. The molecule has 0 aliphatic carbocycles. The van der Waals surface area contributed by atoms with Crippen LogP contribution in [0.3, 0.4) is 0 Å². The van der Waals surface area contributed by atoms with E-state index in [-0.39, 0.29) is 22.3 Å². The third-order valence-electron chi connectivity index (χ3n) is 2.56. The van der Waals surface area contributed by atoms with Gasteiger partial charge in [-0.05, 0) is 18.1 Å². The highest BCUT2D eigenvalue weighted by Gasteiger charge is 2.17. The summed E-state index contributed by atoms with van der Waals surface area (Å²) in [6, 6.07) is 4.32. The van der Waals surface area contributed by atoms with Crippen LogP contribution < -0.4 is 0 Å². The van der Waals surface area contributed by atoms with Gasteiger partial charge >= 0.3 is 0 Å². The van der Waals surface area contributed by atoms with Crippen molar-refractivity contribution < 1.29 is 9.18 Å². The number of benzene rings is 1. The first-order valence-electron chi connectivity index (χ1n) is 5.53. The fraction of sp³-hybridized carbons (Fsp3) is 0.462. The number of hydrogen-bond donors (Lipinski definition) is 0. The molecule has 0 saturated carbocycles. The minimum Gasteiger partial charge on any atom is -0.294 e. The standard InChI is InChI=1S/C13H16ClFO/c1-3-5-9(2)8-12(16)13-10(14)6-4-7-11(13)15/h4,6-7,9H,3,5,8H2,1-2H3. The Balaban J connectivity index is 2.80. The van der Waals surface area contributed by atoms with Crippen LogP contribution in [0.4, 0.5) is 4.39 Å². The smallest absolute Gasteiger partial charge is 0.167 e. The summed E-state index contributed by atoms with van der Waals surface area (Å²) >= 11 is 5.82. The van der Waals surface area contributed by atoms with Crippen LogP contribution in [0.5, 0.6) is 0 Å². The first-order valence-corrected chi connectivity index (χ1v) is 5.91. The van der Waals surface area contributed by atoms with E-state index >= 15 is 0 Å². The van der Waals surface area contributed by atoms with E-state index in [0.29, 0.717) is 6.42 Å². The molecule has 0 radical (unpaired) electrons. The van der Waals surface area contributed by atoms with Crippen LogP contribution in [-0.4, -0.2) is 5.78 Å². The van der Waals surface area contributed by atoms with Crippen molar-refractivity contribution in [3.63, 3.8) is 0 Å². The number of carbonyl (C=O) groups excluding carboxylic acids is 1. The summed E-state index contributed by atoms with van der Waals surface area (Å²) in [5.74, 6) is -0.460. The fourth-order valence-corrected chi connectivity index (χ4v) is 2.05. The molecule has 1 nitrogen and oxygen atoms in total. The van der Waals surface area contributed by atoms with Crippen molar-refractivity contribution >= 4 is 17.4 Å². The van der Waals surface area contributed by atoms with E-state index in [1.807, 2.05) is 6.92 Å². The molecule has 1 rings (SSSR count). The van der Waals surface area contributed by atoms with Gasteiger partial charge in [-0.15, -0.1) is 0 Å². The van der Waals surface area contributed by atoms with E-state index in [1.54, 1.807) is 6.07 Å². The topological polar surface area (TPSA) is 17.1 Å². The molecule has 1 unspecified atom stereocenters. The largest absolute Gasteiger partial charge is 0.294 e. The van der Waals surface area contributed by atoms with Crippen molar-refractivity contribution in [2.75, 3.05) is 0 Å². The summed E-state index contributed by atoms with van der Waals surface area (Å²) in [5.41, 5.74) is 0.0344. The Morgan fingerprint density at radius 2 is 2.19 bits per heavy atom. The summed E-state index contributed by atoms with van der Waals surface area (Å²) in [6.45, 7) is 4.06. The molecule has 0 saturated heterocycles. The van der Waals surface area contributed by atoms with Crippen molar-refractivity contribution in [2.24, 2.45) is 5.92 Å². The highest BCUT2D eigenvalue weighted by atomic mass is 35.5. The second-order valence-corrected chi connectivity index (χ2v) is 4.53. The maximum Gasteiger partial charge on any atom is 0.167 e. The van der Waals surface area contributed by atoms with E-state index in [4.69, 9.17) is 11.6 Å². The number of rotatable bonds is 5. The third kappa shape index (κ3) is 3.31. The van der Waals surface area contributed by atoms with Gasteiger partial charge in [-0.1, -0.05) is 44.4 Å². The van der Waals surface area contributed by atoms with Gasteiger partial charge in [0, 0.05) is 6.42 Å². The van der Waals surface area contributed by atoms with Crippen molar-refractivity contribution in [1.82, 2.24) is 0 Å². The summed E-state index contributed by atoms with van der Waals surface area (Å²) < 4.78 is 13.4. The lowest BCUT2D eigenvalue weighted by atomic mass is 9.96. The second-order valence-electron chi connectivity index (χ2n) is 4.12. The maximum atomic E-state index is 13.4. The van der Waals surface area contributed by atoms with Crippen molar-refractivity contribution in [3.8, 4) is 0 Å². The molecular weight excluding hydrogens is 227 g/mol. The van der Waals surface area contributed by atoms with E-state index in [2.05, 4.69) is 6.92 Å². The molecule has 16 heavy (non-hydrogen) atoms. The highest BCUT2D eigenvalue weighted by Crippen LogP contribution is 2.23. The second kappa shape index (κ2) is 6.00. The van der Waals surface area contributed by atoms with Crippen LogP contribution in [0.2, 0.25) is 5.02 Å². The molecule has 0 aliphatic rings. The molecule has 0 aliphatic heterocycles. The minimum absolute atomic E-state index is 0.0344. The van der Waals surface area contributed by atoms with Crippen molar-refractivity contribution in [1.29, 1.82) is 0 Å². The first-order chi connectivity index (χ1) is 7.56. The average Bonchev–Trinajstić information content (AvgIpc) is 2.17. The predicted molar refractivity (Wildman–Crippen MR) is 64.4 cm³/mol.